The Hall–Kier alpha value is -3.45. The fourth-order valence-corrected chi connectivity index (χ4v) is 5.33. The largest absolute Gasteiger partial charge is 0.364 e. The van der Waals surface area contributed by atoms with E-state index in [1.807, 2.05) is 36.4 Å². The van der Waals surface area contributed by atoms with Gasteiger partial charge in [-0.1, -0.05) is 35.3 Å². The first-order chi connectivity index (χ1) is 17.7. The molecule has 1 aliphatic rings. The molecule has 0 saturated heterocycles. The van der Waals surface area contributed by atoms with Gasteiger partial charge in [0.05, 0.1) is 27.7 Å². The molecule has 2 N–H and O–H groups in total. The van der Waals surface area contributed by atoms with E-state index in [-0.39, 0.29) is 12.0 Å². The number of H-pyrrole nitrogens is 1. The summed E-state index contributed by atoms with van der Waals surface area (Å²) in [6.07, 6.45) is 2.91. The van der Waals surface area contributed by atoms with Crippen LogP contribution in [0.25, 0.3) is 21.8 Å². The molecule has 1 unspecified atom stereocenters. The van der Waals surface area contributed by atoms with E-state index in [2.05, 4.69) is 15.3 Å². The van der Waals surface area contributed by atoms with Gasteiger partial charge >= 0.3 is 0 Å². The van der Waals surface area contributed by atoms with Crippen LogP contribution in [-0.4, -0.2) is 15.9 Å². The summed E-state index contributed by atoms with van der Waals surface area (Å²) in [6, 6.07) is 16.4. The molecule has 0 aliphatic carbocycles. The van der Waals surface area contributed by atoms with Crippen LogP contribution in [0.2, 0.25) is 10.0 Å². The molecule has 186 valence electrons. The van der Waals surface area contributed by atoms with Gasteiger partial charge < -0.3 is 15.0 Å². The number of fused-ring (bicyclic) bond motifs is 3. The van der Waals surface area contributed by atoms with Gasteiger partial charge in [-0.15, -0.1) is 0 Å². The summed E-state index contributed by atoms with van der Waals surface area (Å²) in [7, 11) is 0. The van der Waals surface area contributed by atoms with Crippen molar-refractivity contribution in [2.75, 3.05) is 0 Å². The van der Waals surface area contributed by atoms with Crippen molar-refractivity contribution in [3.8, 4) is 0 Å². The Morgan fingerprint density at radius 3 is 2.81 bits per heavy atom. The molecular weight excluding hydrogens is 512 g/mol. The van der Waals surface area contributed by atoms with Crippen LogP contribution in [0, 0.1) is 5.82 Å². The van der Waals surface area contributed by atoms with Crippen LogP contribution >= 0.6 is 23.2 Å². The Morgan fingerprint density at radius 1 is 1.14 bits per heavy atom. The quantitative estimate of drug-likeness (QED) is 0.252. The van der Waals surface area contributed by atoms with E-state index in [0.29, 0.717) is 38.7 Å². The number of benzene rings is 3. The molecule has 2 aromatic heterocycles. The number of aromatic amines is 1. The van der Waals surface area contributed by atoms with Gasteiger partial charge in [-0.25, -0.2) is 4.39 Å². The van der Waals surface area contributed by atoms with E-state index in [1.165, 1.54) is 6.07 Å². The minimum Gasteiger partial charge on any atom is -0.364 e. The van der Waals surface area contributed by atoms with Gasteiger partial charge in [0.15, 0.2) is 0 Å². The zero-order valence-electron chi connectivity index (χ0n) is 20.0. The number of amides is 1. The predicted octanol–water partition coefficient (Wildman–Crippen LogP) is 7.45. The van der Waals surface area contributed by atoms with Crippen molar-refractivity contribution in [2.24, 2.45) is 0 Å². The van der Waals surface area contributed by atoms with Crippen molar-refractivity contribution in [3.63, 3.8) is 0 Å². The van der Waals surface area contributed by atoms with Crippen LogP contribution < -0.4 is 5.32 Å². The lowest BCUT2D eigenvalue weighted by Gasteiger charge is -2.28. The van der Waals surface area contributed by atoms with Crippen LogP contribution in [-0.2, 0) is 16.9 Å². The molecule has 1 atom stereocenters. The maximum absolute atomic E-state index is 15.0. The molecule has 0 radical (unpaired) electrons. The number of aromatic nitrogens is 2. The summed E-state index contributed by atoms with van der Waals surface area (Å²) in [5.74, 6) is -0.739. The first kappa shape index (κ1) is 23.9. The fraction of sp³-hybridized carbons (Fsp3) is 0.172. The Bertz CT molecular complexity index is 1710. The van der Waals surface area contributed by atoms with E-state index in [1.54, 1.807) is 38.4 Å². The molecule has 0 saturated carbocycles. The lowest BCUT2D eigenvalue weighted by atomic mass is 9.91. The predicted molar refractivity (Wildman–Crippen MR) is 144 cm³/mol. The SMILES string of the molecule is CC(C)(NC(=O)c1ccc2c(c1)C(c1ccc3ncc(Cl)cc3c1)OC2)c1cc2c(Cl)c[nH]c2cc1F. The van der Waals surface area contributed by atoms with Crippen LogP contribution in [0.5, 0.6) is 0 Å². The minimum absolute atomic E-state index is 0.312. The highest BCUT2D eigenvalue weighted by Gasteiger charge is 2.30. The van der Waals surface area contributed by atoms with Crippen molar-refractivity contribution < 1.29 is 13.9 Å². The van der Waals surface area contributed by atoms with E-state index < -0.39 is 11.4 Å². The second-order valence-electron chi connectivity index (χ2n) is 9.80. The van der Waals surface area contributed by atoms with Gasteiger partial charge in [0.25, 0.3) is 5.91 Å². The van der Waals surface area contributed by atoms with Gasteiger partial charge in [-0.05, 0) is 73.0 Å². The van der Waals surface area contributed by atoms with Crippen molar-refractivity contribution in [1.29, 1.82) is 0 Å². The monoisotopic (exact) mass is 533 g/mol. The molecule has 6 rings (SSSR count). The number of hydrogen-bond donors (Lipinski definition) is 2. The van der Waals surface area contributed by atoms with E-state index >= 15 is 0 Å². The highest BCUT2D eigenvalue weighted by atomic mass is 35.5. The standard InChI is InChI=1S/C29H22Cl2FN3O2/c1-29(2,22-10-21-23(31)13-34-26(21)11-24(22)32)35-28(36)16-3-4-17-14-37-27(20(17)9-16)15-5-6-25-18(7-15)8-19(30)12-33-25/h3-13,27,34H,14H2,1-2H3,(H,35,36). The molecule has 3 aromatic carbocycles. The Labute approximate surface area is 222 Å². The van der Waals surface area contributed by atoms with Crippen LogP contribution in [0.3, 0.4) is 0 Å². The lowest BCUT2D eigenvalue weighted by Crippen LogP contribution is -2.41. The molecule has 1 amide bonds. The van der Waals surface area contributed by atoms with Gasteiger partial charge in [-0.2, -0.15) is 0 Å². The number of halogens is 3. The molecule has 0 spiro atoms. The minimum atomic E-state index is -0.991. The lowest BCUT2D eigenvalue weighted by molar-refractivity contribution is 0.0908. The molecule has 0 fully saturated rings. The second-order valence-corrected chi connectivity index (χ2v) is 10.6. The maximum Gasteiger partial charge on any atom is 0.251 e. The fourth-order valence-electron chi connectivity index (χ4n) is 4.95. The third kappa shape index (κ3) is 4.25. The molecular formula is C29H22Cl2FN3O2. The number of nitrogens with zero attached hydrogens (tertiary/aromatic N) is 1. The van der Waals surface area contributed by atoms with Gasteiger partial charge in [0, 0.05) is 39.8 Å². The second kappa shape index (κ2) is 8.84. The summed E-state index contributed by atoms with van der Waals surface area (Å²) < 4.78 is 21.1. The summed E-state index contributed by atoms with van der Waals surface area (Å²) in [4.78, 5) is 20.7. The smallest absolute Gasteiger partial charge is 0.251 e. The number of carbonyl (C=O) groups excluding carboxylic acids is 1. The van der Waals surface area contributed by atoms with Crippen LogP contribution in [0.4, 0.5) is 4.39 Å². The number of carbonyl (C=O) groups is 1. The number of hydrogen-bond acceptors (Lipinski definition) is 3. The van der Waals surface area contributed by atoms with Gasteiger partial charge in [-0.3, -0.25) is 9.78 Å². The molecule has 3 heterocycles. The van der Waals surface area contributed by atoms with E-state index in [4.69, 9.17) is 27.9 Å². The van der Waals surface area contributed by atoms with Gasteiger partial charge in [0.2, 0.25) is 0 Å². The number of rotatable bonds is 4. The molecule has 37 heavy (non-hydrogen) atoms. The molecule has 8 heteroatoms. The Morgan fingerprint density at radius 2 is 1.97 bits per heavy atom. The third-order valence-electron chi connectivity index (χ3n) is 6.89. The third-order valence-corrected chi connectivity index (χ3v) is 7.41. The summed E-state index contributed by atoms with van der Waals surface area (Å²) in [5, 5.41) is 5.66. The van der Waals surface area contributed by atoms with E-state index in [9.17, 15) is 9.18 Å². The zero-order chi connectivity index (χ0) is 25.9. The van der Waals surface area contributed by atoms with Crippen molar-refractivity contribution in [1.82, 2.24) is 15.3 Å². The molecule has 5 aromatic rings. The summed E-state index contributed by atoms with van der Waals surface area (Å²) >= 11 is 12.4. The normalized spacial score (nSPS) is 15.3. The Balaban J connectivity index is 1.30. The average Bonchev–Trinajstić information content (AvgIpc) is 3.45. The number of nitrogens with one attached hydrogen (secondary N) is 2. The summed E-state index contributed by atoms with van der Waals surface area (Å²) in [5.41, 5.74) is 4.16. The highest BCUT2D eigenvalue weighted by Crippen LogP contribution is 2.38. The zero-order valence-corrected chi connectivity index (χ0v) is 21.5. The first-order valence-electron chi connectivity index (χ1n) is 11.8. The van der Waals surface area contributed by atoms with Crippen molar-refractivity contribution >= 4 is 50.9 Å². The molecule has 1 aliphatic heterocycles. The van der Waals surface area contributed by atoms with Crippen molar-refractivity contribution in [3.05, 3.63) is 111 Å². The highest BCUT2D eigenvalue weighted by molar-refractivity contribution is 6.35. The van der Waals surface area contributed by atoms with Crippen LogP contribution in [0.1, 0.15) is 52.6 Å². The number of pyridine rings is 1. The topological polar surface area (TPSA) is 67.0 Å². The van der Waals surface area contributed by atoms with E-state index in [0.717, 1.165) is 27.6 Å². The Kier molecular flexibility index (Phi) is 5.71. The maximum atomic E-state index is 15.0. The summed E-state index contributed by atoms with van der Waals surface area (Å²) in [6.45, 7) is 3.98. The molecule has 5 nitrogen and oxygen atoms in total. The van der Waals surface area contributed by atoms with Crippen LogP contribution in [0.15, 0.2) is 67.0 Å². The van der Waals surface area contributed by atoms with Gasteiger partial charge in [0.1, 0.15) is 11.9 Å². The average molecular weight is 534 g/mol. The van der Waals surface area contributed by atoms with Crippen molar-refractivity contribution in [2.45, 2.75) is 32.1 Å². The number of ether oxygens (including phenoxy) is 1. The molecule has 0 bridgehead atoms. The first-order valence-corrected chi connectivity index (χ1v) is 12.5.